The number of rotatable bonds is 7. The smallest absolute Gasteiger partial charge is 0.292 e. The maximum Gasteiger partial charge on any atom is 0.292 e. The van der Waals surface area contributed by atoms with Crippen molar-refractivity contribution in [3.63, 3.8) is 0 Å². The van der Waals surface area contributed by atoms with Crippen molar-refractivity contribution in [1.82, 2.24) is 4.90 Å². The van der Waals surface area contributed by atoms with Crippen LogP contribution in [0.25, 0.3) is 0 Å². The summed E-state index contributed by atoms with van der Waals surface area (Å²) >= 11 is 0. The Kier molecular flexibility index (Phi) is 5.95. The first-order chi connectivity index (χ1) is 9.62. The molecule has 0 radical (unpaired) electrons. The van der Waals surface area contributed by atoms with Crippen LogP contribution in [0.3, 0.4) is 0 Å². The Morgan fingerprint density at radius 1 is 1.35 bits per heavy atom. The Morgan fingerprint density at radius 3 is 2.50 bits per heavy atom. The maximum atomic E-state index is 10.9. The predicted molar refractivity (Wildman–Crippen MR) is 73.8 cm³/mol. The lowest BCUT2D eigenvalue weighted by molar-refractivity contribution is -0.384. The molecule has 0 saturated carbocycles. The summed E-state index contributed by atoms with van der Waals surface area (Å²) in [6, 6.07) is 8.74. The minimum Gasteiger partial charge on any atom is -0.380 e. The van der Waals surface area contributed by atoms with Crippen LogP contribution >= 0.6 is 0 Å². The van der Waals surface area contributed by atoms with E-state index in [-0.39, 0.29) is 18.8 Å². The molecule has 0 amide bonds. The quantitative estimate of drug-likeness (QED) is 0.462. The molecule has 1 aromatic rings. The van der Waals surface area contributed by atoms with E-state index in [1.165, 1.54) is 6.07 Å². The van der Waals surface area contributed by atoms with Crippen molar-refractivity contribution in [1.29, 1.82) is 10.5 Å². The Morgan fingerprint density at radius 2 is 2.00 bits per heavy atom. The molecule has 1 N–H and O–H groups in total. The Bertz CT molecular complexity index is 543. The van der Waals surface area contributed by atoms with E-state index in [1.54, 1.807) is 17.0 Å². The largest absolute Gasteiger partial charge is 0.380 e. The van der Waals surface area contributed by atoms with Gasteiger partial charge in [-0.1, -0.05) is 6.07 Å². The third-order valence-corrected chi connectivity index (χ3v) is 2.62. The van der Waals surface area contributed by atoms with Gasteiger partial charge in [-0.15, -0.1) is 0 Å². The van der Waals surface area contributed by atoms with Gasteiger partial charge in [-0.2, -0.15) is 10.5 Å². The Hall–Kier alpha value is -2.64. The molecule has 0 heterocycles. The summed E-state index contributed by atoms with van der Waals surface area (Å²) in [5, 5.41) is 31.2. The average molecular weight is 273 g/mol. The summed E-state index contributed by atoms with van der Waals surface area (Å²) in [6.45, 7) is 3.11. The van der Waals surface area contributed by atoms with Crippen molar-refractivity contribution < 1.29 is 4.92 Å². The first kappa shape index (κ1) is 15.4. The number of hydrogen-bond donors (Lipinski definition) is 1. The number of nitriles is 2. The normalized spacial score (nSPS) is 9.80. The predicted octanol–water partition coefficient (Wildman–Crippen LogP) is 1.88. The molecule has 1 rings (SSSR count). The van der Waals surface area contributed by atoms with Crippen LogP contribution in [-0.2, 0) is 6.54 Å². The van der Waals surface area contributed by atoms with Gasteiger partial charge in [-0.3, -0.25) is 15.0 Å². The number of hydrogen-bond acceptors (Lipinski definition) is 6. The monoisotopic (exact) mass is 273 g/mol. The van der Waals surface area contributed by atoms with E-state index < -0.39 is 4.92 Å². The van der Waals surface area contributed by atoms with Crippen LogP contribution in [-0.4, -0.2) is 29.5 Å². The molecule has 104 valence electrons. The first-order valence-electron chi connectivity index (χ1n) is 6.09. The summed E-state index contributed by atoms with van der Waals surface area (Å²) in [7, 11) is 0. The van der Waals surface area contributed by atoms with E-state index in [9.17, 15) is 10.1 Å². The van der Waals surface area contributed by atoms with Crippen molar-refractivity contribution >= 4 is 11.4 Å². The molecule has 7 heteroatoms. The average Bonchev–Trinajstić information content (AvgIpc) is 2.39. The van der Waals surface area contributed by atoms with E-state index in [4.69, 9.17) is 10.5 Å². The molecular weight excluding hydrogens is 258 g/mol. The Labute approximate surface area is 117 Å². The number of nitro benzene ring substituents is 1. The third-order valence-electron chi connectivity index (χ3n) is 2.62. The van der Waals surface area contributed by atoms with Gasteiger partial charge in [0.15, 0.2) is 0 Å². The van der Waals surface area contributed by atoms with Gasteiger partial charge in [-0.25, -0.2) is 0 Å². The topological polar surface area (TPSA) is 106 Å². The number of nitro groups is 1. The van der Waals surface area contributed by atoms with Crippen molar-refractivity contribution in [2.45, 2.75) is 13.5 Å². The molecule has 0 bridgehead atoms. The molecule has 0 saturated heterocycles. The van der Waals surface area contributed by atoms with Crippen LogP contribution in [0.5, 0.6) is 0 Å². The summed E-state index contributed by atoms with van der Waals surface area (Å²) in [6.07, 6.45) is 0. The summed E-state index contributed by atoms with van der Waals surface area (Å²) in [4.78, 5) is 12.1. The lowest BCUT2D eigenvalue weighted by atomic mass is 10.1. The first-order valence-corrected chi connectivity index (χ1v) is 6.09. The van der Waals surface area contributed by atoms with Gasteiger partial charge in [0.05, 0.1) is 30.2 Å². The van der Waals surface area contributed by atoms with Crippen molar-refractivity contribution in [3.8, 4) is 12.1 Å². The van der Waals surface area contributed by atoms with Gasteiger partial charge >= 0.3 is 0 Å². The van der Waals surface area contributed by atoms with Crippen LogP contribution in [0.15, 0.2) is 18.2 Å². The molecule has 20 heavy (non-hydrogen) atoms. The van der Waals surface area contributed by atoms with Crippen LogP contribution in [0.4, 0.5) is 11.4 Å². The highest BCUT2D eigenvalue weighted by atomic mass is 16.6. The van der Waals surface area contributed by atoms with Crippen LogP contribution in [0, 0.1) is 32.8 Å². The van der Waals surface area contributed by atoms with E-state index in [2.05, 4.69) is 5.32 Å². The van der Waals surface area contributed by atoms with Crippen LogP contribution < -0.4 is 5.32 Å². The van der Waals surface area contributed by atoms with Crippen molar-refractivity contribution in [2.24, 2.45) is 0 Å². The lowest BCUT2D eigenvalue weighted by Crippen LogP contribution is -2.24. The summed E-state index contributed by atoms with van der Waals surface area (Å²) in [5.74, 6) is 0. The van der Waals surface area contributed by atoms with Crippen molar-refractivity contribution in [3.05, 3.63) is 33.9 Å². The van der Waals surface area contributed by atoms with Crippen LogP contribution in [0.2, 0.25) is 0 Å². The lowest BCUT2D eigenvalue weighted by Gasteiger charge is -2.16. The molecule has 0 aromatic heterocycles. The van der Waals surface area contributed by atoms with Crippen molar-refractivity contribution in [2.75, 3.05) is 25.0 Å². The van der Waals surface area contributed by atoms with E-state index >= 15 is 0 Å². The van der Waals surface area contributed by atoms with Gasteiger partial charge in [-0.05, 0) is 18.6 Å². The highest BCUT2D eigenvalue weighted by Gasteiger charge is 2.14. The minimum atomic E-state index is -0.440. The standard InChI is InChI=1S/C13H15N5O2/c1-2-16-12-9-11(3-4-13(12)18(19)20)10-17(7-5-14)8-6-15/h3-4,9,16H,2,7-8,10H2,1H3. The molecular formula is C13H15N5O2. The number of benzene rings is 1. The third kappa shape index (κ3) is 4.23. The van der Waals surface area contributed by atoms with Gasteiger partial charge in [0.25, 0.3) is 5.69 Å². The second-order valence-electron chi connectivity index (χ2n) is 4.10. The molecule has 0 aliphatic carbocycles. The SMILES string of the molecule is CCNc1cc(CN(CC#N)CC#N)ccc1[N+](=O)[O-]. The fraction of sp³-hybridized carbons (Fsp3) is 0.385. The fourth-order valence-corrected chi connectivity index (χ4v) is 1.80. The molecule has 0 aliphatic rings. The maximum absolute atomic E-state index is 10.9. The molecule has 0 unspecified atom stereocenters. The molecule has 0 atom stereocenters. The fourth-order valence-electron chi connectivity index (χ4n) is 1.80. The van der Waals surface area contributed by atoms with Crippen LogP contribution in [0.1, 0.15) is 12.5 Å². The Balaban J connectivity index is 2.96. The van der Waals surface area contributed by atoms with E-state index in [0.717, 1.165) is 5.56 Å². The van der Waals surface area contributed by atoms with Gasteiger partial charge in [0, 0.05) is 19.2 Å². The van der Waals surface area contributed by atoms with E-state index in [0.29, 0.717) is 18.8 Å². The molecule has 0 aliphatic heterocycles. The second kappa shape index (κ2) is 7.72. The van der Waals surface area contributed by atoms with Gasteiger partial charge in [0.1, 0.15) is 5.69 Å². The highest BCUT2D eigenvalue weighted by Crippen LogP contribution is 2.25. The zero-order chi connectivity index (χ0) is 15.0. The zero-order valence-electron chi connectivity index (χ0n) is 11.2. The summed E-state index contributed by atoms with van der Waals surface area (Å²) < 4.78 is 0. The van der Waals surface area contributed by atoms with Gasteiger partial charge < -0.3 is 5.32 Å². The summed E-state index contributed by atoms with van der Waals surface area (Å²) in [5.41, 5.74) is 1.28. The van der Waals surface area contributed by atoms with E-state index in [1.807, 2.05) is 19.1 Å². The van der Waals surface area contributed by atoms with Gasteiger partial charge in [0.2, 0.25) is 0 Å². The highest BCUT2D eigenvalue weighted by molar-refractivity contribution is 5.62. The second-order valence-corrected chi connectivity index (χ2v) is 4.10. The minimum absolute atomic E-state index is 0.0164. The molecule has 0 spiro atoms. The molecule has 7 nitrogen and oxygen atoms in total. The molecule has 1 aromatic carbocycles. The zero-order valence-corrected chi connectivity index (χ0v) is 11.2. The number of nitrogens with zero attached hydrogens (tertiary/aromatic N) is 4. The number of nitrogens with one attached hydrogen (secondary N) is 1. The number of anilines is 1. The molecule has 0 fully saturated rings.